The highest BCUT2D eigenvalue weighted by Crippen LogP contribution is 2.24. The zero-order chi connectivity index (χ0) is 12.8. The smallest absolute Gasteiger partial charge is 0.315 e. The van der Waals surface area contributed by atoms with Crippen molar-refractivity contribution in [3.8, 4) is 0 Å². The van der Waals surface area contributed by atoms with Gasteiger partial charge in [-0.15, -0.1) is 0 Å². The Hall–Kier alpha value is -1.26. The first-order chi connectivity index (χ1) is 7.99. The molecule has 0 aliphatic heterocycles. The van der Waals surface area contributed by atoms with Crippen molar-refractivity contribution in [2.75, 3.05) is 6.54 Å². The summed E-state index contributed by atoms with van der Waals surface area (Å²) < 4.78 is 0. The summed E-state index contributed by atoms with van der Waals surface area (Å²) in [6, 6.07) is -0.188. The Labute approximate surface area is 102 Å². The predicted octanol–water partition coefficient (Wildman–Crippen LogP) is 1.58. The second-order valence-electron chi connectivity index (χ2n) is 5.15. The zero-order valence-corrected chi connectivity index (χ0v) is 10.5. The molecule has 1 saturated carbocycles. The maximum atomic E-state index is 11.5. The summed E-state index contributed by atoms with van der Waals surface area (Å²) in [6.45, 7) is 4.70. The number of hydrogen-bond acceptors (Lipinski definition) is 2. The van der Waals surface area contributed by atoms with Crippen molar-refractivity contribution < 1.29 is 14.7 Å². The third kappa shape index (κ3) is 5.06. The highest BCUT2D eigenvalue weighted by atomic mass is 16.4. The van der Waals surface area contributed by atoms with Crippen LogP contribution in [0, 0.1) is 11.8 Å². The van der Waals surface area contributed by atoms with Gasteiger partial charge in [0.05, 0.1) is 5.92 Å². The molecule has 0 bridgehead atoms. The van der Waals surface area contributed by atoms with Gasteiger partial charge in [-0.05, 0) is 25.2 Å². The van der Waals surface area contributed by atoms with Crippen LogP contribution in [0.1, 0.15) is 39.5 Å². The summed E-state index contributed by atoms with van der Waals surface area (Å²) in [4.78, 5) is 22.4. The lowest BCUT2D eigenvalue weighted by molar-refractivity contribution is -0.143. The van der Waals surface area contributed by atoms with E-state index in [-0.39, 0.29) is 18.0 Å². The summed E-state index contributed by atoms with van der Waals surface area (Å²) in [6.07, 6.45) is 3.01. The van der Waals surface area contributed by atoms with Gasteiger partial charge in [0.15, 0.2) is 0 Å². The van der Waals surface area contributed by atoms with Crippen LogP contribution < -0.4 is 10.6 Å². The maximum absolute atomic E-state index is 11.5. The van der Waals surface area contributed by atoms with E-state index in [9.17, 15) is 9.59 Å². The molecular weight excluding hydrogens is 220 g/mol. The fourth-order valence-corrected chi connectivity index (χ4v) is 2.08. The van der Waals surface area contributed by atoms with Crippen molar-refractivity contribution in [2.24, 2.45) is 11.8 Å². The molecule has 0 spiro atoms. The van der Waals surface area contributed by atoms with E-state index in [0.29, 0.717) is 18.9 Å². The molecule has 0 aromatic rings. The van der Waals surface area contributed by atoms with E-state index in [2.05, 4.69) is 10.6 Å². The van der Waals surface area contributed by atoms with E-state index in [1.54, 1.807) is 0 Å². The van der Waals surface area contributed by atoms with Crippen LogP contribution in [0.15, 0.2) is 0 Å². The molecule has 3 N–H and O–H groups in total. The topological polar surface area (TPSA) is 78.4 Å². The van der Waals surface area contributed by atoms with E-state index in [1.165, 1.54) is 0 Å². The standard InChI is InChI=1S/C12H22N2O3/c1-8(2)7-13-12(17)14-10-5-3-4-9(6-10)11(15)16/h8-10H,3-7H2,1-2H3,(H,15,16)(H2,13,14,17). The van der Waals surface area contributed by atoms with Crippen molar-refractivity contribution in [3.05, 3.63) is 0 Å². The van der Waals surface area contributed by atoms with Crippen LogP contribution in [-0.2, 0) is 4.79 Å². The fraction of sp³-hybridized carbons (Fsp3) is 0.833. The molecule has 0 aromatic heterocycles. The molecule has 2 amide bonds. The highest BCUT2D eigenvalue weighted by Gasteiger charge is 2.27. The zero-order valence-electron chi connectivity index (χ0n) is 10.5. The Morgan fingerprint density at radius 1 is 1.35 bits per heavy atom. The van der Waals surface area contributed by atoms with E-state index < -0.39 is 5.97 Å². The molecular formula is C12H22N2O3. The molecule has 1 aliphatic carbocycles. The second-order valence-corrected chi connectivity index (χ2v) is 5.15. The first-order valence-electron chi connectivity index (χ1n) is 6.26. The highest BCUT2D eigenvalue weighted by molar-refractivity contribution is 5.74. The number of aliphatic carboxylic acids is 1. The second kappa shape index (κ2) is 6.47. The fourth-order valence-electron chi connectivity index (χ4n) is 2.08. The lowest BCUT2D eigenvalue weighted by atomic mass is 9.86. The van der Waals surface area contributed by atoms with Crippen LogP contribution >= 0.6 is 0 Å². The number of carboxylic acids is 1. The predicted molar refractivity (Wildman–Crippen MR) is 64.8 cm³/mol. The molecule has 98 valence electrons. The van der Waals surface area contributed by atoms with Crippen LogP contribution in [0.5, 0.6) is 0 Å². The first kappa shape index (κ1) is 13.8. The van der Waals surface area contributed by atoms with E-state index in [0.717, 1.165) is 19.3 Å². The lowest BCUT2D eigenvalue weighted by Gasteiger charge is -2.27. The largest absolute Gasteiger partial charge is 0.481 e. The molecule has 1 aliphatic rings. The van der Waals surface area contributed by atoms with Gasteiger partial charge in [0, 0.05) is 12.6 Å². The summed E-state index contributed by atoms with van der Waals surface area (Å²) >= 11 is 0. The van der Waals surface area contributed by atoms with Crippen LogP contribution in [0.25, 0.3) is 0 Å². The van der Waals surface area contributed by atoms with E-state index in [1.807, 2.05) is 13.8 Å². The SMILES string of the molecule is CC(C)CNC(=O)NC1CCCC(C(=O)O)C1. The number of carbonyl (C=O) groups is 2. The maximum Gasteiger partial charge on any atom is 0.315 e. The molecule has 0 radical (unpaired) electrons. The average Bonchev–Trinajstić information content (AvgIpc) is 2.26. The van der Waals surface area contributed by atoms with Crippen LogP contribution in [0.3, 0.4) is 0 Å². The number of nitrogens with one attached hydrogen (secondary N) is 2. The Morgan fingerprint density at radius 2 is 2.06 bits per heavy atom. The lowest BCUT2D eigenvalue weighted by Crippen LogP contribution is -2.45. The number of hydrogen-bond donors (Lipinski definition) is 3. The van der Waals surface area contributed by atoms with E-state index >= 15 is 0 Å². The van der Waals surface area contributed by atoms with Gasteiger partial charge in [-0.25, -0.2) is 4.79 Å². The van der Waals surface area contributed by atoms with Gasteiger partial charge in [-0.3, -0.25) is 4.79 Å². The normalized spacial score (nSPS) is 24.4. The van der Waals surface area contributed by atoms with Crippen LogP contribution in [0.2, 0.25) is 0 Å². The Bertz CT molecular complexity index is 279. The van der Waals surface area contributed by atoms with Crippen LogP contribution in [-0.4, -0.2) is 29.7 Å². The van der Waals surface area contributed by atoms with Gasteiger partial charge in [0.25, 0.3) is 0 Å². The third-order valence-corrected chi connectivity index (χ3v) is 3.03. The molecule has 0 heterocycles. The Kier molecular flexibility index (Phi) is 5.25. The number of amides is 2. The number of urea groups is 1. The van der Waals surface area contributed by atoms with Gasteiger partial charge < -0.3 is 15.7 Å². The summed E-state index contributed by atoms with van der Waals surface area (Å²) in [7, 11) is 0. The minimum Gasteiger partial charge on any atom is -0.481 e. The van der Waals surface area contributed by atoms with E-state index in [4.69, 9.17) is 5.11 Å². The van der Waals surface area contributed by atoms with Crippen molar-refractivity contribution in [2.45, 2.75) is 45.6 Å². The van der Waals surface area contributed by atoms with Gasteiger partial charge in [-0.2, -0.15) is 0 Å². The molecule has 2 unspecified atom stereocenters. The van der Waals surface area contributed by atoms with Gasteiger partial charge in [-0.1, -0.05) is 20.3 Å². The summed E-state index contributed by atoms with van der Waals surface area (Å²) in [5.74, 6) is -0.642. The minimum atomic E-state index is -0.751. The molecule has 5 heteroatoms. The molecule has 2 atom stereocenters. The van der Waals surface area contributed by atoms with Gasteiger partial charge in [0.1, 0.15) is 0 Å². The molecule has 17 heavy (non-hydrogen) atoms. The third-order valence-electron chi connectivity index (χ3n) is 3.03. The molecule has 0 aromatic carbocycles. The Balaban J connectivity index is 2.30. The summed E-state index contributed by atoms with van der Waals surface area (Å²) in [5, 5.41) is 14.6. The van der Waals surface area contributed by atoms with Crippen LogP contribution in [0.4, 0.5) is 4.79 Å². The number of carboxylic acid groups (broad SMARTS) is 1. The van der Waals surface area contributed by atoms with Crippen molar-refractivity contribution in [3.63, 3.8) is 0 Å². The molecule has 1 fully saturated rings. The quantitative estimate of drug-likeness (QED) is 0.700. The first-order valence-corrected chi connectivity index (χ1v) is 6.26. The minimum absolute atomic E-state index is 0.00277. The average molecular weight is 242 g/mol. The van der Waals surface area contributed by atoms with Crippen molar-refractivity contribution >= 4 is 12.0 Å². The monoisotopic (exact) mass is 242 g/mol. The molecule has 1 rings (SSSR count). The molecule has 0 saturated heterocycles. The van der Waals surface area contributed by atoms with Gasteiger partial charge in [0.2, 0.25) is 0 Å². The summed E-state index contributed by atoms with van der Waals surface area (Å²) in [5.41, 5.74) is 0. The Morgan fingerprint density at radius 3 is 2.65 bits per heavy atom. The number of rotatable bonds is 4. The molecule has 5 nitrogen and oxygen atoms in total. The van der Waals surface area contributed by atoms with Gasteiger partial charge >= 0.3 is 12.0 Å². The van der Waals surface area contributed by atoms with Crippen molar-refractivity contribution in [1.82, 2.24) is 10.6 Å². The number of carbonyl (C=O) groups excluding carboxylic acids is 1. The van der Waals surface area contributed by atoms with Crippen molar-refractivity contribution in [1.29, 1.82) is 0 Å².